The van der Waals surface area contributed by atoms with Gasteiger partial charge in [-0.3, -0.25) is 4.68 Å². The molecule has 0 atom stereocenters. The molecule has 0 spiro atoms. The fourth-order valence-corrected chi connectivity index (χ4v) is 3.68. The van der Waals surface area contributed by atoms with Crippen LogP contribution in [0.2, 0.25) is 0 Å². The zero-order valence-corrected chi connectivity index (χ0v) is 14.2. The molecule has 2 heterocycles. The fraction of sp³-hybridized carbons (Fsp3) is 0.615. The van der Waals surface area contributed by atoms with Gasteiger partial charge in [0, 0.05) is 19.2 Å². The Labute approximate surface area is 128 Å². The van der Waals surface area contributed by atoms with Crippen LogP contribution in [0.4, 0.5) is 0 Å². The van der Waals surface area contributed by atoms with Crippen LogP contribution in [0.3, 0.4) is 0 Å². The van der Waals surface area contributed by atoms with Crippen LogP contribution in [0.15, 0.2) is 9.37 Å². The second-order valence-corrected chi connectivity index (χ2v) is 7.21. The predicted octanol–water partition coefficient (Wildman–Crippen LogP) is 2.79. The maximum atomic E-state index is 4.52. The molecule has 0 fully saturated rings. The van der Waals surface area contributed by atoms with Gasteiger partial charge in [-0.05, 0) is 49.6 Å². The predicted molar refractivity (Wildman–Crippen MR) is 83.3 cm³/mol. The third-order valence-electron chi connectivity index (χ3n) is 2.84. The van der Waals surface area contributed by atoms with Crippen LogP contribution in [0.1, 0.15) is 30.9 Å². The first-order chi connectivity index (χ1) is 9.47. The Hall–Kier alpha value is -0.920. The van der Waals surface area contributed by atoms with Gasteiger partial charge in [-0.2, -0.15) is 9.47 Å². The molecule has 110 valence electrons. The quantitative estimate of drug-likeness (QED) is 0.889. The smallest absolute Gasteiger partial charge is 0.176 e. The molecule has 0 saturated heterocycles. The topological polar surface area (TPSA) is 55.6 Å². The van der Waals surface area contributed by atoms with Crippen LogP contribution in [-0.4, -0.2) is 25.7 Å². The van der Waals surface area contributed by atoms with E-state index >= 15 is 0 Å². The molecule has 2 rings (SSSR count). The summed E-state index contributed by atoms with van der Waals surface area (Å²) in [5.74, 6) is 1.48. The van der Waals surface area contributed by atoms with Crippen molar-refractivity contribution < 1.29 is 0 Å². The third-order valence-corrected chi connectivity index (χ3v) is 4.88. The van der Waals surface area contributed by atoms with Crippen molar-refractivity contribution in [2.24, 2.45) is 13.0 Å². The molecule has 0 bridgehead atoms. The molecule has 5 nitrogen and oxygen atoms in total. The summed E-state index contributed by atoms with van der Waals surface area (Å²) in [5, 5.41) is 9.16. The Balaban J connectivity index is 2.14. The Morgan fingerprint density at radius 1 is 1.35 bits per heavy atom. The lowest BCUT2D eigenvalue weighted by molar-refractivity contribution is 0.548. The van der Waals surface area contributed by atoms with E-state index in [4.69, 9.17) is 0 Å². The SMILES string of the molecule is Cc1nsc(Sc2c(CNCC(C)C)c(C)nn2C)n1. The minimum absolute atomic E-state index is 0.647. The van der Waals surface area contributed by atoms with Gasteiger partial charge in [0.1, 0.15) is 10.9 Å². The Morgan fingerprint density at radius 2 is 2.10 bits per heavy atom. The molecule has 0 aliphatic rings. The van der Waals surface area contributed by atoms with Gasteiger partial charge in [-0.1, -0.05) is 13.8 Å². The van der Waals surface area contributed by atoms with Crippen molar-refractivity contribution in [3.05, 3.63) is 17.1 Å². The number of hydrogen-bond acceptors (Lipinski definition) is 6. The van der Waals surface area contributed by atoms with Gasteiger partial charge in [0.05, 0.1) is 5.69 Å². The van der Waals surface area contributed by atoms with Gasteiger partial charge in [0.25, 0.3) is 0 Å². The molecule has 2 aromatic heterocycles. The van der Waals surface area contributed by atoms with E-state index in [0.717, 1.165) is 34.0 Å². The normalized spacial score (nSPS) is 11.5. The Morgan fingerprint density at radius 3 is 2.70 bits per heavy atom. The van der Waals surface area contributed by atoms with Crippen LogP contribution < -0.4 is 5.32 Å². The standard InChI is InChI=1S/C13H21N5S2/c1-8(2)6-14-7-11-9(3)16-18(5)12(11)19-13-15-10(4)17-20-13/h8,14H,6-7H2,1-5H3. The molecule has 7 heteroatoms. The van der Waals surface area contributed by atoms with Crippen LogP contribution in [0, 0.1) is 19.8 Å². The van der Waals surface area contributed by atoms with E-state index in [1.807, 2.05) is 18.7 Å². The largest absolute Gasteiger partial charge is 0.312 e. The van der Waals surface area contributed by atoms with Crippen LogP contribution in [0.5, 0.6) is 0 Å². The zero-order valence-electron chi connectivity index (χ0n) is 12.6. The van der Waals surface area contributed by atoms with Crippen LogP contribution in [-0.2, 0) is 13.6 Å². The maximum absolute atomic E-state index is 4.52. The molecule has 0 saturated carbocycles. The summed E-state index contributed by atoms with van der Waals surface area (Å²) in [5.41, 5.74) is 2.33. The van der Waals surface area contributed by atoms with E-state index in [1.165, 1.54) is 17.1 Å². The summed E-state index contributed by atoms with van der Waals surface area (Å²) in [6.07, 6.45) is 0. The number of nitrogens with one attached hydrogen (secondary N) is 1. The number of hydrogen-bond donors (Lipinski definition) is 1. The van der Waals surface area contributed by atoms with E-state index < -0.39 is 0 Å². The molecule has 2 aromatic rings. The van der Waals surface area contributed by atoms with Gasteiger partial charge in [0.2, 0.25) is 0 Å². The second kappa shape index (κ2) is 6.69. The summed E-state index contributed by atoms with van der Waals surface area (Å²) in [4.78, 5) is 4.41. The first-order valence-electron chi connectivity index (χ1n) is 6.68. The second-order valence-electron chi connectivity index (χ2n) is 5.23. The molecule has 0 aliphatic heterocycles. The van der Waals surface area contributed by atoms with E-state index in [1.54, 1.807) is 11.8 Å². The molecular weight excluding hydrogens is 290 g/mol. The van der Waals surface area contributed by atoms with Gasteiger partial charge >= 0.3 is 0 Å². The molecule has 0 aliphatic carbocycles. The number of aromatic nitrogens is 4. The van der Waals surface area contributed by atoms with Crippen molar-refractivity contribution in [2.75, 3.05) is 6.54 Å². The lowest BCUT2D eigenvalue weighted by Crippen LogP contribution is -2.19. The van der Waals surface area contributed by atoms with Crippen molar-refractivity contribution in [1.82, 2.24) is 24.5 Å². The molecule has 0 amide bonds. The number of aryl methyl sites for hydroxylation is 3. The minimum Gasteiger partial charge on any atom is -0.312 e. The van der Waals surface area contributed by atoms with E-state index in [2.05, 4.69) is 40.5 Å². The molecular formula is C13H21N5S2. The van der Waals surface area contributed by atoms with Gasteiger partial charge < -0.3 is 5.32 Å². The number of nitrogens with zero attached hydrogens (tertiary/aromatic N) is 4. The van der Waals surface area contributed by atoms with E-state index in [-0.39, 0.29) is 0 Å². The highest BCUT2D eigenvalue weighted by atomic mass is 32.2. The maximum Gasteiger partial charge on any atom is 0.176 e. The Kier molecular flexibility index (Phi) is 5.17. The van der Waals surface area contributed by atoms with Crippen molar-refractivity contribution in [2.45, 2.75) is 43.6 Å². The summed E-state index contributed by atoms with van der Waals surface area (Å²) in [7, 11) is 1.98. The Bertz CT molecular complexity index is 573. The molecule has 20 heavy (non-hydrogen) atoms. The van der Waals surface area contributed by atoms with Crippen molar-refractivity contribution in [3.63, 3.8) is 0 Å². The highest BCUT2D eigenvalue weighted by Gasteiger charge is 2.16. The molecule has 0 aromatic carbocycles. The lowest BCUT2D eigenvalue weighted by atomic mass is 10.2. The fourth-order valence-electron chi connectivity index (χ4n) is 1.90. The summed E-state index contributed by atoms with van der Waals surface area (Å²) >= 11 is 3.09. The first-order valence-corrected chi connectivity index (χ1v) is 8.27. The minimum atomic E-state index is 0.647. The molecule has 0 unspecified atom stereocenters. The van der Waals surface area contributed by atoms with Crippen molar-refractivity contribution in [3.8, 4) is 0 Å². The highest BCUT2D eigenvalue weighted by molar-refractivity contribution is 8.00. The average molecular weight is 311 g/mol. The lowest BCUT2D eigenvalue weighted by Gasteiger charge is -2.08. The first kappa shape index (κ1) is 15.5. The number of rotatable bonds is 6. The highest BCUT2D eigenvalue weighted by Crippen LogP contribution is 2.32. The average Bonchev–Trinajstić information content (AvgIpc) is 2.87. The van der Waals surface area contributed by atoms with E-state index in [9.17, 15) is 0 Å². The van der Waals surface area contributed by atoms with Gasteiger partial charge in [-0.15, -0.1) is 0 Å². The van der Waals surface area contributed by atoms with Gasteiger partial charge in [0.15, 0.2) is 4.34 Å². The van der Waals surface area contributed by atoms with Crippen molar-refractivity contribution >= 4 is 23.3 Å². The van der Waals surface area contributed by atoms with Gasteiger partial charge in [-0.25, -0.2) is 4.98 Å². The molecule has 0 radical (unpaired) electrons. The van der Waals surface area contributed by atoms with E-state index in [0.29, 0.717) is 5.92 Å². The summed E-state index contributed by atoms with van der Waals surface area (Å²) < 4.78 is 7.13. The monoisotopic (exact) mass is 311 g/mol. The third kappa shape index (κ3) is 3.80. The summed E-state index contributed by atoms with van der Waals surface area (Å²) in [6, 6.07) is 0. The summed E-state index contributed by atoms with van der Waals surface area (Å²) in [6.45, 7) is 10.3. The molecule has 1 N–H and O–H groups in total. The van der Waals surface area contributed by atoms with Crippen molar-refractivity contribution in [1.29, 1.82) is 0 Å². The van der Waals surface area contributed by atoms with Crippen LogP contribution in [0.25, 0.3) is 0 Å². The van der Waals surface area contributed by atoms with Crippen LogP contribution >= 0.6 is 23.3 Å². The zero-order chi connectivity index (χ0) is 14.7.